The molecule has 1 aliphatic rings. The molecule has 0 aliphatic carbocycles. The summed E-state index contributed by atoms with van der Waals surface area (Å²) in [5.74, 6) is 0. The molecular formula is C13H23N3O. The van der Waals surface area contributed by atoms with E-state index in [9.17, 15) is 0 Å². The molecule has 1 fully saturated rings. The predicted molar refractivity (Wildman–Crippen MR) is 67.9 cm³/mol. The second kappa shape index (κ2) is 5.19. The lowest BCUT2D eigenvalue weighted by molar-refractivity contribution is -0.0230. The number of rotatable bonds is 5. The van der Waals surface area contributed by atoms with E-state index in [1.807, 2.05) is 19.4 Å². The second-order valence-corrected chi connectivity index (χ2v) is 5.29. The lowest BCUT2D eigenvalue weighted by Crippen LogP contribution is -2.31. The zero-order chi connectivity index (χ0) is 12.3. The third-order valence-corrected chi connectivity index (χ3v) is 3.25. The van der Waals surface area contributed by atoms with Crippen LogP contribution in [0.2, 0.25) is 0 Å². The number of nitrogens with zero attached hydrogens (tertiary/aromatic N) is 2. The van der Waals surface area contributed by atoms with Crippen LogP contribution in [0.15, 0.2) is 12.5 Å². The second-order valence-electron chi connectivity index (χ2n) is 5.29. The smallest absolute Gasteiger partial charge is 0.0949 e. The van der Waals surface area contributed by atoms with Crippen LogP contribution >= 0.6 is 0 Å². The van der Waals surface area contributed by atoms with Gasteiger partial charge in [-0.05, 0) is 40.2 Å². The fourth-order valence-corrected chi connectivity index (χ4v) is 2.54. The average molecular weight is 237 g/mol. The van der Waals surface area contributed by atoms with Gasteiger partial charge in [0, 0.05) is 18.8 Å². The van der Waals surface area contributed by atoms with Crippen LogP contribution in [0.3, 0.4) is 0 Å². The maximum Gasteiger partial charge on any atom is 0.0949 e. The van der Waals surface area contributed by atoms with E-state index in [1.165, 1.54) is 18.5 Å². The van der Waals surface area contributed by atoms with Gasteiger partial charge in [0.15, 0.2) is 0 Å². The average Bonchev–Trinajstić information content (AvgIpc) is 2.85. The maximum atomic E-state index is 5.75. The molecule has 1 aromatic heterocycles. The van der Waals surface area contributed by atoms with Gasteiger partial charge < -0.3 is 14.6 Å². The first-order chi connectivity index (χ1) is 8.12. The van der Waals surface area contributed by atoms with Crippen molar-refractivity contribution in [1.29, 1.82) is 0 Å². The summed E-state index contributed by atoms with van der Waals surface area (Å²) in [6.07, 6.45) is 6.35. The van der Waals surface area contributed by atoms with E-state index >= 15 is 0 Å². The highest BCUT2D eigenvalue weighted by Crippen LogP contribution is 2.24. The van der Waals surface area contributed by atoms with E-state index in [-0.39, 0.29) is 5.60 Å². The minimum absolute atomic E-state index is 0.136. The Morgan fingerprint density at radius 1 is 1.59 bits per heavy atom. The van der Waals surface area contributed by atoms with Gasteiger partial charge in [0.2, 0.25) is 0 Å². The molecule has 0 bridgehead atoms. The van der Waals surface area contributed by atoms with Crippen molar-refractivity contribution in [3.63, 3.8) is 0 Å². The van der Waals surface area contributed by atoms with Gasteiger partial charge in [-0.25, -0.2) is 4.98 Å². The molecule has 1 atom stereocenters. The van der Waals surface area contributed by atoms with Crippen LogP contribution in [0.25, 0.3) is 0 Å². The van der Waals surface area contributed by atoms with Gasteiger partial charge >= 0.3 is 0 Å². The summed E-state index contributed by atoms with van der Waals surface area (Å²) in [6.45, 7) is 9.01. The molecule has 17 heavy (non-hydrogen) atoms. The molecular weight excluding hydrogens is 214 g/mol. The topological polar surface area (TPSA) is 39.1 Å². The Kier molecular flexibility index (Phi) is 3.84. The van der Waals surface area contributed by atoms with Crippen molar-refractivity contribution in [3.8, 4) is 0 Å². The Balaban J connectivity index is 2.08. The minimum atomic E-state index is -0.136. The molecule has 0 spiro atoms. The summed E-state index contributed by atoms with van der Waals surface area (Å²) in [5, 5.41) is 3.52. The van der Waals surface area contributed by atoms with Crippen LogP contribution in [0.4, 0.5) is 0 Å². The molecule has 0 aromatic carbocycles. The zero-order valence-electron chi connectivity index (χ0n) is 11.1. The van der Waals surface area contributed by atoms with E-state index < -0.39 is 0 Å². The maximum absolute atomic E-state index is 5.75. The quantitative estimate of drug-likeness (QED) is 0.852. The Morgan fingerprint density at radius 2 is 2.41 bits per heavy atom. The highest BCUT2D eigenvalue weighted by Gasteiger charge is 2.24. The van der Waals surface area contributed by atoms with Gasteiger partial charge in [0.05, 0.1) is 24.2 Å². The number of imidazole rings is 1. The van der Waals surface area contributed by atoms with Crippen molar-refractivity contribution in [2.24, 2.45) is 0 Å². The Hall–Kier alpha value is -0.870. The van der Waals surface area contributed by atoms with Crippen molar-refractivity contribution in [2.75, 3.05) is 13.2 Å². The van der Waals surface area contributed by atoms with E-state index in [4.69, 9.17) is 4.74 Å². The summed E-state index contributed by atoms with van der Waals surface area (Å²) >= 11 is 0. The molecule has 96 valence electrons. The standard InChI is InChI=1S/C13H23N3O/c1-4-17-13(2,3)9-16-10-14-8-12(16)11-6-5-7-15-11/h8,10-11,15H,4-7,9H2,1-3H3/t11-/m0/s1. The van der Waals surface area contributed by atoms with Gasteiger partial charge in [-0.1, -0.05) is 0 Å². The van der Waals surface area contributed by atoms with Crippen molar-refractivity contribution < 1.29 is 4.74 Å². The van der Waals surface area contributed by atoms with Crippen LogP contribution in [0, 0.1) is 0 Å². The van der Waals surface area contributed by atoms with E-state index in [0.717, 1.165) is 19.7 Å². The molecule has 2 heterocycles. The first kappa shape index (κ1) is 12.6. The first-order valence-electron chi connectivity index (χ1n) is 6.50. The Labute approximate surface area is 103 Å². The molecule has 0 radical (unpaired) electrons. The number of hydrogen-bond donors (Lipinski definition) is 1. The van der Waals surface area contributed by atoms with Crippen molar-refractivity contribution in [3.05, 3.63) is 18.2 Å². The monoisotopic (exact) mass is 237 g/mol. The van der Waals surface area contributed by atoms with Gasteiger partial charge in [-0.15, -0.1) is 0 Å². The summed E-state index contributed by atoms with van der Waals surface area (Å²) in [7, 11) is 0. The molecule has 1 saturated heterocycles. The van der Waals surface area contributed by atoms with Crippen LogP contribution in [0.1, 0.15) is 45.3 Å². The molecule has 1 aliphatic heterocycles. The molecule has 1 N–H and O–H groups in total. The summed E-state index contributed by atoms with van der Waals surface area (Å²) in [6, 6.07) is 0.468. The lowest BCUT2D eigenvalue weighted by Gasteiger charge is -2.27. The first-order valence-corrected chi connectivity index (χ1v) is 6.50. The van der Waals surface area contributed by atoms with Crippen LogP contribution in [0.5, 0.6) is 0 Å². The van der Waals surface area contributed by atoms with E-state index in [2.05, 4.69) is 28.7 Å². The number of aromatic nitrogens is 2. The van der Waals surface area contributed by atoms with Crippen molar-refractivity contribution >= 4 is 0 Å². The SMILES string of the molecule is CCOC(C)(C)Cn1cncc1[C@@H]1CCCN1. The third kappa shape index (κ3) is 3.07. The zero-order valence-corrected chi connectivity index (χ0v) is 11.1. The summed E-state index contributed by atoms with van der Waals surface area (Å²) in [4.78, 5) is 4.28. The molecule has 0 saturated carbocycles. The van der Waals surface area contributed by atoms with Gasteiger partial charge in [0.25, 0.3) is 0 Å². The van der Waals surface area contributed by atoms with E-state index in [1.54, 1.807) is 0 Å². The van der Waals surface area contributed by atoms with Gasteiger partial charge in [0.1, 0.15) is 0 Å². The van der Waals surface area contributed by atoms with Crippen molar-refractivity contribution in [2.45, 2.75) is 51.8 Å². The third-order valence-electron chi connectivity index (χ3n) is 3.25. The van der Waals surface area contributed by atoms with Crippen LogP contribution < -0.4 is 5.32 Å². The molecule has 4 heteroatoms. The summed E-state index contributed by atoms with van der Waals surface area (Å²) < 4.78 is 7.97. The molecule has 0 amide bonds. The normalized spacial score (nSPS) is 21.0. The highest BCUT2D eigenvalue weighted by atomic mass is 16.5. The predicted octanol–water partition coefficient (Wildman–Crippen LogP) is 2.12. The fraction of sp³-hybridized carbons (Fsp3) is 0.769. The Bertz CT molecular complexity index is 353. The Morgan fingerprint density at radius 3 is 3.06 bits per heavy atom. The van der Waals surface area contributed by atoms with Gasteiger partial charge in [-0.3, -0.25) is 0 Å². The number of hydrogen-bond acceptors (Lipinski definition) is 3. The van der Waals surface area contributed by atoms with Crippen LogP contribution in [-0.2, 0) is 11.3 Å². The molecule has 2 rings (SSSR count). The number of nitrogens with one attached hydrogen (secondary N) is 1. The molecule has 4 nitrogen and oxygen atoms in total. The molecule has 0 unspecified atom stereocenters. The van der Waals surface area contributed by atoms with Gasteiger partial charge in [-0.2, -0.15) is 0 Å². The minimum Gasteiger partial charge on any atom is -0.374 e. The number of ether oxygens (including phenoxy) is 1. The fourth-order valence-electron chi connectivity index (χ4n) is 2.54. The van der Waals surface area contributed by atoms with Crippen molar-refractivity contribution in [1.82, 2.24) is 14.9 Å². The van der Waals surface area contributed by atoms with Crippen LogP contribution in [-0.4, -0.2) is 28.3 Å². The largest absolute Gasteiger partial charge is 0.374 e. The van der Waals surface area contributed by atoms with E-state index in [0.29, 0.717) is 6.04 Å². The summed E-state index contributed by atoms with van der Waals surface area (Å²) in [5.41, 5.74) is 1.15. The highest BCUT2D eigenvalue weighted by molar-refractivity contribution is 5.07. The lowest BCUT2D eigenvalue weighted by atomic mass is 10.1. The molecule has 1 aromatic rings.